The number of carboxylic acids is 1. The number of morpholine rings is 1. The number of carboxylic acid groups (broad SMARTS) is 1. The Balaban J connectivity index is 2.09. The Hall–Kier alpha value is -1.99. The summed E-state index contributed by atoms with van der Waals surface area (Å²) < 4.78 is 7.25. The van der Waals surface area contributed by atoms with Crippen molar-refractivity contribution in [3.05, 3.63) is 24.2 Å². The van der Waals surface area contributed by atoms with Gasteiger partial charge in [-0.2, -0.15) is 0 Å². The van der Waals surface area contributed by atoms with Gasteiger partial charge in [0, 0.05) is 12.7 Å². The minimum absolute atomic E-state index is 0.122. The Morgan fingerprint density at radius 2 is 2.53 bits per heavy atom. The number of nitrogens with zero attached hydrogens (tertiary/aromatic N) is 3. The van der Waals surface area contributed by atoms with Crippen molar-refractivity contribution in [3.63, 3.8) is 0 Å². The lowest BCUT2D eigenvalue weighted by atomic mass is 10.3. The molecule has 0 saturated carbocycles. The zero-order chi connectivity index (χ0) is 13.2. The fourth-order valence-electron chi connectivity index (χ4n) is 2.28. The summed E-state index contributed by atoms with van der Waals surface area (Å²) in [4.78, 5) is 19.6. The van der Waals surface area contributed by atoms with Crippen molar-refractivity contribution in [1.29, 1.82) is 0 Å². The van der Waals surface area contributed by atoms with E-state index in [9.17, 15) is 4.79 Å². The number of aromatic nitrogens is 3. The first-order chi connectivity index (χ1) is 9.25. The van der Waals surface area contributed by atoms with Gasteiger partial charge in [0.1, 0.15) is 23.9 Å². The summed E-state index contributed by atoms with van der Waals surface area (Å²) in [6.45, 7) is 1.86. The number of rotatable bonds is 3. The van der Waals surface area contributed by atoms with Gasteiger partial charge in [-0.25, -0.2) is 9.97 Å². The number of imidazole rings is 1. The van der Waals surface area contributed by atoms with Gasteiger partial charge < -0.3 is 9.84 Å². The van der Waals surface area contributed by atoms with E-state index < -0.39 is 5.97 Å². The first kappa shape index (κ1) is 12.1. The normalized spacial score (nSPS) is 19.7. The third-order valence-electron chi connectivity index (χ3n) is 3.04. The summed E-state index contributed by atoms with van der Waals surface area (Å²) in [5, 5.41) is 12.3. The summed E-state index contributed by atoms with van der Waals surface area (Å²) >= 11 is 0. The average molecular weight is 262 g/mol. The van der Waals surface area contributed by atoms with Crippen LogP contribution in [0, 0.1) is 0 Å². The second kappa shape index (κ2) is 4.94. The summed E-state index contributed by atoms with van der Waals surface area (Å²) in [7, 11) is 0. The highest BCUT2D eigenvalue weighted by Crippen LogP contribution is 2.20. The second-order valence-electron chi connectivity index (χ2n) is 4.36. The van der Waals surface area contributed by atoms with Crippen molar-refractivity contribution in [2.45, 2.75) is 12.6 Å². The van der Waals surface area contributed by atoms with E-state index in [1.54, 1.807) is 12.3 Å². The minimum Gasteiger partial charge on any atom is -0.481 e. The molecule has 0 radical (unpaired) electrons. The molecule has 1 atom stereocenters. The Labute approximate surface area is 109 Å². The van der Waals surface area contributed by atoms with Gasteiger partial charge in [-0.05, 0) is 12.1 Å². The molecule has 0 amide bonds. The summed E-state index contributed by atoms with van der Waals surface area (Å²) in [5.41, 5.74) is 1.38. The van der Waals surface area contributed by atoms with E-state index in [0.717, 1.165) is 6.54 Å². The fraction of sp³-hybridized carbons (Fsp3) is 0.417. The monoisotopic (exact) mass is 262 g/mol. The molecule has 1 aliphatic heterocycles. The van der Waals surface area contributed by atoms with E-state index >= 15 is 0 Å². The molecule has 7 heteroatoms. The van der Waals surface area contributed by atoms with E-state index in [-0.39, 0.29) is 12.6 Å². The Morgan fingerprint density at radius 3 is 3.26 bits per heavy atom. The number of fused-ring (bicyclic) bond motifs is 1. The van der Waals surface area contributed by atoms with Gasteiger partial charge in [-0.3, -0.25) is 14.7 Å². The van der Waals surface area contributed by atoms with E-state index in [0.29, 0.717) is 30.2 Å². The molecule has 1 saturated heterocycles. The Morgan fingerprint density at radius 1 is 1.63 bits per heavy atom. The molecule has 2 N–H and O–H groups in total. The molecule has 2 aromatic heterocycles. The van der Waals surface area contributed by atoms with Gasteiger partial charge in [0.25, 0.3) is 0 Å². The second-order valence-corrected chi connectivity index (χ2v) is 4.36. The van der Waals surface area contributed by atoms with Crippen molar-refractivity contribution in [2.75, 3.05) is 19.8 Å². The zero-order valence-corrected chi connectivity index (χ0v) is 10.2. The maximum Gasteiger partial charge on any atom is 0.311 e. The lowest BCUT2D eigenvalue weighted by Gasteiger charge is -2.26. The van der Waals surface area contributed by atoms with E-state index in [4.69, 9.17) is 9.84 Å². The first-order valence-corrected chi connectivity index (χ1v) is 6.10. The fourth-order valence-corrected chi connectivity index (χ4v) is 2.28. The number of ether oxygens (including phenoxy) is 1. The minimum atomic E-state index is -0.909. The van der Waals surface area contributed by atoms with Crippen molar-refractivity contribution in [2.24, 2.45) is 0 Å². The van der Waals surface area contributed by atoms with Gasteiger partial charge in [-0.1, -0.05) is 0 Å². The molecule has 1 fully saturated rings. The van der Waals surface area contributed by atoms with Gasteiger partial charge in [0.05, 0.1) is 13.2 Å². The maximum atomic E-state index is 11.0. The van der Waals surface area contributed by atoms with Gasteiger partial charge in [0.15, 0.2) is 5.65 Å². The molecule has 0 aliphatic carbocycles. The molecular weight excluding hydrogens is 248 g/mol. The predicted molar refractivity (Wildman–Crippen MR) is 66.7 cm³/mol. The van der Waals surface area contributed by atoms with Crippen LogP contribution in [-0.2, 0) is 16.0 Å². The van der Waals surface area contributed by atoms with Crippen LogP contribution in [0.3, 0.4) is 0 Å². The highest BCUT2D eigenvalue weighted by molar-refractivity contribution is 5.75. The quantitative estimate of drug-likeness (QED) is 0.820. The SMILES string of the molecule is O=C(O)Cc1nc2cccnc2n1C1COCCN1. The van der Waals surface area contributed by atoms with Crippen LogP contribution in [0.15, 0.2) is 18.3 Å². The molecule has 1 aliphatic rings. The molecular formula is C12H14N4O3. The summed E-state index contributed by atoms with van der Waals surface area (Å²) in [6, 6.07) is 3.61. The highest BCUT2D eigenvalue weighted by Gasteiger charge is 2.23. The lowest BCUT2D eigenvalue weighted by Crippen LogP contribution is -2.39. The van der Waals surface area contributed by atoms with Crippen molar-refractivity contribution >= 4 is 17.1 Å². The topological polar surface area (TPSA) is 89.3 Å². The molecule has 3 rings (SSSR count). The Bertz CT molecular complexity index is 604. The summed E-state index contributed by atoms with van der Waals surface area (Å²) in [6.07, 6.45) is 1.42. The molecule has 7 nitrogen and oxygen atoms in total. The molecule has 3 heterocycles. The van der Waals surface area contributed by atoms with Crippen molar-refractivity contribution in [1.82, 2.24) is 19.9 Å². The molecule has 19 heavy (non-hydrogen) atoms. The van der Waals surface area contributed by atoms with E-state index in [2.05, 4.69) is 15.3 Å². The number of pyridine rings is 1. The lowest BCUT2D eigenvalue weighted by molar-refractivity contribution is -0.136. The van der Waals surface area contributed by atoms with Crippen LogP contribution in [0.2, 0.25) is 0 Å². The number of hydrogen-bond acceptors (Lipinski definition) is 5. The average Bonchev–Trinajstić information content (AvgIpc) is 2.76. The summed E-state index contributed by atoms with van der Waals surface area (Å²) in [5.74, 6) is -0.419. The molecule has 0 aromatic carbocycles. The van der Waals surface area contributed by atoms with E-state index in [1.165, 1.54) is 0 Å². The van der Waals surface area contributed by atoms with Crippen LogP contribution >= 0.6 is 0 Å². The third kappa shape index (κ3) is 2.29. The standard InChI is InChI=1S/C12H14N4O3/c17-11(18)6-9-15-8-2-1-3-14-12(8)16(9)10-7-19-5-4-13-10/h1-3,10,13H,4-7H2,(H,17,18). The Kier molecular flexibility index (Phi) is 3.14. The molecule has 1 unspecified atom stereocenters. The number of aliphatic carboxylic acids is 1. The van der Waals surface area contributed by atoms with Crippen LogP contribution in [0.25, 0.3) is 11.2 Å². The maximum absolute atomic E-state index is 11.0. The van der Waals surface area contributed by atoms with Gasteiger partial charge in [-0.15, -0.1) is 0 Å². The highest BCUT2D eigenvalue weighted by atomic mass is 16.5. The first-order valence-electron chi connectivity index (χ1n) is 6.10. The third-order valence-corrected chi connectivity index (χ3v) is 3.04. The van der Waals surface area contributed by atoms with E-state index in [1.807, 2.05) is 10.6 Å². The molecule has 100 valence electrons. The van der Waals surface area contributed by atoms with Crippen LogP contribution in [0.5, 0.6) is 0 Å². The van der Waals surface area contributed by atoms with Crippen LogP contribution in [0.1, 0.15) is 12.0 Å². The van der Waals surface area contributed by atoms with Crippen LogP contribution in [0.4, 0.5) is 0 Å². The molecule has 0 spiro atoms. The molecule has 2 aromatic rings. The zero-order valence-electron chi connectivity index (χ0n) is 10.2. The van der Waals surface area contributed by atoms with Crippen molar-refractivity contribution in [3.8, 4) is 0 Å². The van der Waals surface area contributed by atoms with Crippen molar-refractivity contribution < 1.29 is 14.6 Å². The van der Waals surface area contributed by atoms with Crippen LogP contribution < -0.4 is 5.32 Å². The number of hydrogen-bond donors (Lipinski definition) is 2. The largest absolute Gasteiger partial charge is 0.481 e. The smallest absolute Gasteiger partial charge is 0.311 e. The van der Waals surface area contributed by atoms with Gasteiger partial charge >= 0.3 is 5.97 Å². The molecule has 0 bridgehead atoms. The number of nitrogens with one attached hydrogen (secondary N) is 1. The van der Waals surface area contributed by atoms with Gasteiger partial charge in [0.2, 0.25) is 0 Å². The van der Waals surface area contributed by atoms with Crippen LogP contribution in [-0.4, -0.2) is 45.4 Å². The number of carbonyl (C=O) groups is 1. The predicted octanol–water partition coefficient (Wildman–Crippen LogP) is 0.177.